The molecule has 0 spiro atoms. The monoisotopic (exact) mass is 596 g/mol. The van der Waals surface area contributed by atoms with Gasteiger partial charge in [0.15, 0.2) is 0 Å². The number of likely N-dealkylation sites (N-methyl/N-ethyl adjacent to an activating group) is 1. The number of thiol groups is 1. The third kappa shape index (κ3) is 10.5. The first-order valence-electron chi connectivity index (χ1n) is 6.09. The van der Waals surface area contributed by atoms with Crippen molar-refractivity contribution in [3.63, 3.8) is 0 Å². The third-order valence-electron chi connectivity index (χ3n) is 2.91. The summed E-state index contributed by atoms with van der Waals surface area (Å²) in [6, 6.07) is 4.27. The van der Waals surface area contributed by atoms with Crippen molar-refractivity contribution < 1.29 is 147 Å². The summed E-state index contributed by atoms with van der Waals surface area (Å²) in [5, 5.41) is 10.5. The topological polar surface area (TPSA) is 35.8 Å². The van der Waals surface area contributed by atoms with Crippen LogP contribution in [0, 0.1) is 20.7 Å². The van der Waals surface area contributed by atoms with Crippen LogP contribution in [0.1, 0.15) is 5.56 Å². The molecule has 0 bridgehead atoms. The van der Waals surface area contributed by atoms with E-state index in [2.05, 4.69) is 22.5 Å². The van der Waals surface area contributed by atoms with Gasteiger partial charge in [-0.2, -0.15) is 12.6 Å². The molecule has 0 aliphatic carbocycles. The number of hydrogen-bond acceptors (Lipinski definition) is 5. The summed E-state index contributed by atoms with van der Waals surface area (Å²) in [5.74, 6) is 1.24. The second kappa shape index (κ2) is 16.3. The predicted molar refractivity (Wildman–Crippen MR) is 95.0 cm³/mol. The smallest absolute Gasteiger partial charge is 0.507 e. The van der Waals surface area contributed by atoms with Crippen LogP contribution in [-0.2, 0) is 0 Å². The predicted octanol–water partition coefficient (Wildman–Crippen LogP) is -2.84. The molecule has 1 N–H and O–H groups in total. The van der Waals surface area contributed by atoms with E-state index >= 15 is 0 Å². The number of hydrogen-bond donors (Lipinski definition) is 2. The average molecular weight is 596 g/mol. The van der Waals surface area contributed by atoms with E-state index in [1.54, 1.807) is 17.8 Å². The van der Waals surface area contributed by atoms with Gasteiger partial charge >= 0.3 is 138 Å². The molecule has 1 heterocycles. The number of halogens is 1. The maximum Gasteiger partial charge on any atom is 1.00 e. The number of thioether (sulfide) groups is 1. The third-order valence-corrected chi connectivity index (χ3v) is 4.26. The van der Waals surface area contributed by atoms with Crippen LogP contribution in [0.4, 0.5) is 4.39 Å². The molecule has 1 aromatic rings. The molecule has 0 radical (unpaired) electrons. The Morgan fingerprint density at radius 3 is 2.61 bits per heavy atom. The molecule has 3 nitrogen and oxygen atoms in total. The summed E-state index contributed by atoms with van der Waals surface area (Å²) < 4.78 is 12.9. The fraction of sp³-hybridized carbons (Fsp3) is 0.400. The van der Waals surface area contributed by atoms with E-state index in [0.29, 0.717) is 5.56 Å². The van der Waals surface area contributed by atoms with E-state index in [-0.39, 0.29) is 164 Å². The first-order chi connectivity index (χ1) is 9.10. The van der Waals surface area contributed by atoms with E-state index in [4.69, 9.17) is 0 Å². The van der Waals surface area contributed by atoms with Gasteiger partial charge in [0.2, 0.25) is 0 Å². The zero-order valence-electron chi connectivity index (χ0n) is 14.7. The Balaban J connectivity index is -0.000001000. The molecule has 0 amide bonds. The molecule has 1 aromatic carbocycles. The quantitative estimate of drug-likeness (QED) is 0.285. The summed E-state index contributed by atoms with van der Waals surface area (Å²) in [4.78, 5) is 6.79. The van der Waals surface area contributed by atoms with Crippen molar-refractivity contribution in [3.8, 4) is 5.75 Å². The van der Waals surface area contributed by atoms with Crippen molar-refractivity contribution in [1.82, 2.24) is 4.90 Å². The second-order valence-electron chi connectivity index (χ2n) is 4.55. The minimum Gasteiger partial charge on any atom is -0.507 e. The molecule has 1 aliphatic rings. The van der Waals surface area contributed by atoms with Crippen molar-refractivity contribution in [2.75, 3.05) is 31.6 Å². The van der Waals surface area contributed by atoms with E-state index in [0.717, 1.165) is 35.7 Å². The maximum absolute atomic E-state index is 12.9. The first-order valence-corrected chi connectivity index (χ1v) is 7.71. The summed E-state index contributed by atoms with van der Waals surface area (Å²) in [6.07, 6.45) is 0. The van der Waals surface area contributed by atoms with E-state index in [9.17, 15) is 9.50 Å². The molecule has 0 fully saturated rings. The number of phenolic OH excluding ortho intramolecular Hbond substituents is 1. The minimum absolute atomic E-state index is 0. The van der Waals surface area contributed by atoms with Crippen molar-refractivity contribution in [1.29, 1.82) is 0 Å². The van der Waals surface area contributed by atoms with E-state index in [1.165, 1.54) is 6.07 Å². The van der Waals surface area contributed by atoms with Crippen LogP contribution < -0.4 is 138 Å². The van der Waals surface area contributed by atoms with Crippen LogP contribution in [0.2, 0.25) is 0 Å². The fourth-order valence-corrected chi connectivity index (χ4v) is 3.39. The van der Waals surface area contributed by atoms with Gasteiger partial charge in [0.05, 0.1) is 6.04 Å². The number of aromatic hydroxyl groups is 1. The molecule has 1 unspecified atom stereocenters. The van der Waals surface area contributed by atoms with E-state index in [1.807, 2.05) is 7.05 Å². The summed E-state index contributed by atoms with van der Waals surface area (Å²) in [5.41, 5.74) is 0.616. The molecular weight excluding hydrogens is 573 g/mol. The van der Waals surface area contributed by atoms with Gasteiger partial charge in [-0.3, -0.25) is 4.99 Å². The van der Waals surface area contributed by atoms with Crippen LogP contribution in [0.15, 0.2) is 23.2 Å². The van der Waals surface area contributed by atoms with Gasteiger partial charge in [0, 0.05) is 36.2 Å². The molecular formula is C15H23Cs2FN2OS2. The van der Waals surface area contributed by atoms with Crippen LogP contribution in [0.25, 0.3) is 0 Å². The molecule has 8 heteroatoms. The molecule has 0 aromatic heterocycles. The van der Waals surface area contributed by atoms with Gasteiger partial charge in [0.1, 0.15) is 16.6 Å². The van der Waals surface area contributed by atoms with E-state index < -0.39 is 5.82 Å². The number of phenols is 1. The number of rotatable bonds is 5. The molecule has 1 atom stereocenters. The number of benzene rings is 1. The van der Waals surface area contributed by atoms with Gasteiger partial charge < -0.3 is 24.9 Å². The van der Waals surface area contributed by atoms with Crippen molar-refractivity contribution in [2.45, 2.75) is 6.04 Å². The Labute approximate surface area is 267 Å². The Kier molecular flexibility index (Phi) is 22.1. The zero-order chi connectivity index (χ0) is 13.8. The molecule has 120 valence electrons. The van der Waals surface area contributed by atoms with Gasteiger partial charge in [-0.1, -0.05) is 0 Å². The van der Waals surface area contributed by atoms with Crippen LogP contribution >= 0.6 is 24.4 Å². The summed E-state index contributed by atoms with van der Waals surface area (Å²) in [7, 11) is 2.05. The van der Waals surface area contributed by atoms with Gasteiger partial charge in [-0.15, -0.1) is 11.8 Å². The Morgan fingerprint density at radius 2 is 2.04 bits per heavy atom. The normalized spacial score (nSPS) is 15.7. The maximum atomic E-state index is 12.9. The van der Waals surface area contributed by atoms with Crippen molar-refractivity contribution in [2.24, 2.45) is 4.99 Å². The molecule has 1 aliphatic heterocycles. The average Bonchev–Trinajstić information content (AvgIpc) is 2.77. The SMILES string of the molecule is CN(CCS)CC1CSC(c2ccc(F)cc2O)=N1.[CH3-].[CH3-].[Cs+].[Cs+]. The van der Waals surface area contributed by atoms with Gasteiger partial charge in [0.25, 0.3) is 0 Å². The molecule has 0 saturated heterocycles. The number of aliphatic imine (C=N–C) groups is 1. The molecule has 2 rings (SSSR count). The van der Waals surface area contributed by atoms with Gasteiger partial charge in [-0.25, -0.2) is 4.39 Å². The Hall–Kier alpha value is 3.38. The second-order valence-corrected chi connectivity index (χ2v) is 6.00. The van der Waals surface area contributed by atoms with Crippen molar-refractivity contribution >= 4 is 29.4 Å². The Bertz CT molecular complexity index is 493. The molecule has 23 heavy (non-hydrogen) atoms. The first kappa shape index (κ1) is 31.1. The van der Waals surface area contributed by atoms with Crippen molar-refractivity contribution in [3.05, 3.63) is 44.4 Å². The summed E-state index contributed by atoms with van der Waals surface area (Å²) in [6.45, 7) is 1.80. The Morgan fingerprint density at radius 1 is 1.39 bits per heavy atom. The minimum atomic E-state index is -0.435. The molecule has 0 saturated carbocycles. The standard InChI is InChI=1S/C13H17FN2OS2.2CH3.2Cs/c1-16(4-5-18)7-10-8-19-13(15-10)11-3-2-9(14)6-12(11)17;;;;/h2-3,6,10,17-18H,4-5,7-8H2,1H3;2*1H3;;/q;2*-1;2*+1. The van der Waals surface area contributed by atoms with Crippen LogP contribution in [0.5, 0.6) is 5.75 Å². The zero-order valence-corrected chi connectivity index (χ0v) is 29.0. The van der Waals surface area contributed by atoms with Crippen LogP contribution in [-0.4, -0.2) is 52.7 Å². The fourth-order valence-electron chi connectivity index (χ4n) is 1.96. The number of nitrogens with zero attached hydrogens (tertiary/aromatic N) is 2. The van der Waals surface area contributed by atoms with Crippen LogP contribution in [0.3, 0.4) is 0 Å². The largest absolute Gasteiger partial charge is 1.00 e. The van der Waals surface area contributed by atoms with Gasteiger partial charge in [-0.05, 0) is 19.2 Å². The summed E-state index contributed by atoms with van der Waals surface area (Å²) >= 11 is 5.81.